The smallest absolute Gasteiger partial charge is 0.269 e. The third-order valence-electron chi connectivity index (χ3n) is 4.81. The number of nitrogens with one attached hydrogen (secondary N) is 2. The van der Waals surface area contributed by atoms with Gasteiger partial charge in [0.1, 0.15) is 5.69 Å². The van der Waals surface area contributed by atoms with E-state index in [0.717, 1.165) is 49.9 Å². The van der Waals surface area contributed by atoms with Crippen LogP contribution in [0.25, 0.3) is 0 Å². The largest absolute Gasteiger partial charge is 0.348 e. The molecule has 1 aliphatic heterocycles. The molecule has 2 aliphatic rings. The van der Waals surface area contributed by atoms with Crippen LogP contribution in [0.15, 0.2) is 6.07 Å². The third kappa shape index (κ3) is 2.59. The minimum Gasteiger partial charge on any atom is -0.348 e. The van der Waals surface area contributed by atoms with Crippen LogP contribution in [0.2, 0.25) is 0 Å². The van der Waals surface area contributed by atoms with Gasteiger partial charge in [-0.15, -0.1) is 0 Å². The lowest BCUT2D eigenvalue weighted by Crippen LogP contribution is -2.41. The summed E-state index contributed by atoms with van der Waals surface area (Å²) in [6.07, 6.45) is 4.31. The van der Waals surface area contributed by atoms with Gasteiger partial charge in [0.05, 0.1) is 5.69 Å². The molecule has 110 valence electrons. The molecule has 1 aliphatic carbocycles. The number of rotatable bonds is 3. The van der Waals surface area contributed by atoms with Gasteiger partial charge in [-0.05, 0) is 56.7 Å². The zero-order chi connectivity index (χ0) is 14.1. The minimum atomic E-state index is 0.0223. The molecule has 1 saturated heterocycles. The highest BCUT2D eigenvalue weighted by atomic mass is 16.2. The zero-order valence-electron chi connectivity index (χ0n) is 12.4. The molecule has 0 spiro atoms. The molecule has 2 fully saturated rings. The van der Waals surface area contributed by atoms with Crippen LogP contribution < -0.4 is 10.6 Å². The first-order valence-corrected chi connectivity index (χ1v) is 7.72. The molecule has 3 rings (SSSR count). The number of nitrogens with zero attached hydrogens (tertiary/aromatic N) is 2. The summed E-state index contributed by atoms with van der Waals surface area (Å²) >= 11 is 0. The average Bonchev–Trinajstić information content (AvgIpc) is 3.04. The molecule has 1 amide bonds. The van der Waals surface area contributed by atoms with Crippen molar-refractivity contribution in [2.45, 2.75) is 38.6 Å². The van der Waals surface area contributed by atoms with E-state index < -0.39 is 0 Å². The van der Waals surface area contributed by atoms with Crippen LogP contribution in [0, 0.1) is 11.8 Å². The van der Waals surface area contributed by atoms with Crippen molar-refractivity contribution in [2.24, 2.45) is 18.9 Å². The van der Waals surface area contributed by atoms with Gasteiger partial charge < -0.3 is 10.6 Å². The highest BCUT2D eigenvalue weighted by Gasteiger charge is 2.34. The molecule has 20 heavy (non-hydrogen) atoms. The van der Waals surface area contributed by atoms with Gasteiger partial charge >= 0.3 is 0 Å². The van der Waals surface area contributed by atoms with Gasteiger partial charge in [0.25, 0.3) is 5.91 Å². The van der Waals surface area contributed by atoms with Crippen LogP contribution in [0.5, 0.6) is 0 Å². The Morgan fingerprint density at radius 1 is 1.45 bits per heavy atom. The van der Waals surface area contributed by atoms with E-state index in [2.05, 4.69) is 22.7 Å². The summed E-state index contributed by atoms with van der Waals surface area (Å²) in [5.41, 5.74) is 1.65. The van der Waals surface area contributed by atoms with Crippen molar-refractivity contribution < 1.29 is 4.79 Å². The van der Waals surface area contributed by atoms with Crippen LogP contribution in [0.3, 0.4) is 0 Å². The van der Waals surface area contributed by atoms with Crippen LogP contribution in [-0.4, -0.2) is 34.8 Å². The van der Waals surface area contributed by atoms with E-state index in [4.69, 9.17) is 0 Å². The van der Waals surface area contributed by atoms with E-state index in [-0.39, 0.29) is 5.91 Å². The molecule has 0 aromatic carbocycles. The normalized spacial score (nSPS) is 29.2. The SMILES string of the molecule is CCc1cc(C(=O)NC2CC[C@H]3CNC[C@H]3C2)n(C)n1. The lowest BCUT2D eigenvalue weighted by atomic mass is 9.79. The maximum Gasteiger partial charge on any atom is 0.269 e. The van der Waals surface area contributed by atoms with Gasteiger partial charge in [0.15, 0.2) is 0 Å². The Hall–Kier alpha value is -1.36. The fourth-order valence-corrected chi connectivity index (χ4v) is 3.60. The Morgan fingerprint density at radius 3 is 3.00 bits per heavy atom. The van der Waals surface area contributed by atoms with Crippen LogP contribution >= 0.6 is 0 Å². The number of aromatic nitrogens is 2. The molecule has 1 saturated carbocycles. The molecule has 2 N–H and O–H groups in total. The van der Waals surface area contributed by atoms with Gasteiger partial charge in [0.2, 0.25) is 0 Å². The predicted octanol–water partition coefficient (Wildman–Crippen LogP) is 1.10. The quantitative estimate of drug-likeness (QED) is 0.869. The lowest BCUT2D eigenvalue weighted by Gasteiger charge is -2.31. The molecule has 0 radical (unpaired) electrons. The van der Waals surface area contributed by atoms with E-state index in [1.54, 1.807) is 4.68 Å². The first kappa shape index (κ1) is 13.6. The lowest BCUT2D eigenvalue weighted by molar-refractivity contribution is 0.0904. The number of hydrogen-bond acceptors (Lipinski definition) is 3. The minimum absolute atomic E-state index is 0.0223. The Kier molecular flexibility index (Phi) is 3.78. The summed E-state index contributed by atoms with van der Waals surface area (Å²) in [4.78, 5) is 12.4. The van der Waals surface area contributed by atoms with E-state index in [1.807, 2.05) is 13.1 Å². The predicted molar refractivity (Wildman–Crippen MR) is 77.5 cm³/mol. The summed E-state index contributed by atoms with van der Waals surface area (Å²) in [6.45, 7) is 4.33. The maximum atomic E-state index is 12.4. The molecule has 1 aromatic heterocycles. The highest BCUT2D eigenvalue weighted by molar-refractivity contribution is 5.92. The summed E-state index contributed by atoms with van der Waals surface area (Å²) in [7, 11) is 1.84. The molecule has 0 bridgehead atoms. The standard InChI is InChI=1S/C15H24N4O/c1-3-12-7-14(19(2)18-12)15(20)17-13-5-4-10-8-16-9-11(10)6-13/h7,10-11,13,16H,3-6,8-9H2,1-2H3,(H,17,20)/t10-,11+,13?/m0/s1. The van der Waals surface area contributed by atoms with Crippen molar-refractivity contribution >= 4 is 5.91 Å². The van der Waals surface area contributed by atoms with Gasteiger partial charge in [-0.1, -0.05) is 6.92 Å². The Balaban J connectivity index is 1.62. The van der Waals surface area contributed by atoms with Gasteiger partial charge in [-0.25, -0.2) is 0 Å². The number of amides is 1. The second-order valence-electron chi connectivity index (χ2n) is 6.16. The average molecular weight is 276 g/mol. The van der Waals surface area contributed by atoms with E-state index in [9.17, 15) is 4.79 Å². The highest BCUT2D eigenvalue weighted by Crippen LogP contribution is 2.32. The van der Waals surface area contributed by atoms with Crippen molar-refractivity contribution in [3.05, 3.63) is 17.5 Å². The summed E-state index contributed by atoms with van der Waals surface area (Å²) in [5.74, 6) is 1.59. The maximum absolute atomic E-state index is 12.4. The summed E-state index contributed by atoms with van der Waals surface area (Å²) in [6, 6.07) is 2.22. The number of fused-ring (bicyclic) bond motifs is 1. The zero-order valence-corrected chi connectivity index (χ0v) is 12.4. The monoisotopic (exact) mass is 276 g/mol. The number of aryl methyl sites for hydroxylation is 2. The molecule has 1 aromatic rings. The molecule has 5 nitrogen and oxygen atoms in total. The van der Waals surface area contributed by atoms with E-state index in [0.29, 0.717) is 11.7 Å². The molecule has 5 heteroatoms. The second kappa shape index (κ2) is 5.56. The van der Waals surface area contributed by atoms with Crippen LogP contribution in [0.1, 0.15) is 42.4 Å². The van der Waals surface area contributed by atoms with Gasteiger partial charge in [0, 0.05) is 13.1 Å². The van der Waals surface area contributed by atoms with Crippen LogP contribution in [-0.2, 0) is 13.5 Å². The Labute approximate surface area is 120 Å². The fraction of sp³-hybridized carbons (Fsp3) is 0.733. The topological polar surface area (TPSA) is 59.0 Å². The van der Waals surface area contributed by atoms with E-state index >= 15 is 0 Å². The van der Waals surface area contributed by atoms with Gasteiger partial charge in [-0.3, -0.25) is 9.48 Å². The Bertz CT molecular complexity index is 496. The van der Waals surface area contributed by atoms with Crippen molar-refractivity contribution in [1.82, 2.24) is 20.4 Å². The number of carbonyl (C=O) groups excluding carboxylic acids is 1. The fourth-order valence-electron chi connectivity index (χ4n) is 3.60. The second-order valence-corrected chi connectivity index (χ2v) is 6.16. The summed E-state index contributed by atoms with van der Waals surface area (Å²) in [5, 5.41) is 11.0. The van der Waals surface area contributed by atoms with Crippen molar-refractivity contribution in [3.63, 3.8) is 0 Å². The first-order chi connectivity index (χ1) is 9.67. The molecule has 1 unspecified atom stereocenters. The molecule has 3 atom stereocenters. The van der Waals surface area contributed by atoms with Gasteiger partial charge in [-0.2, -0.15) is 5.10 Å². The van der Waals surface area contributed by atoms with E-state index in [1.165, 1.54) is 6.42 Å². The number of hydrogen-bond donors (Lipinski definition) is 2. The molecular formula is C15H24N4O. The van der Waals surface area contributed by atoms with Crippen molar-refractivity contribution in [3.8, 4) is 0 Å². The first-order valence-electron chi connectivity index (χ1n) is 7.72. The van der Waals surface area contributed by atoms with Crippen LogP contribution in [0.4, 0.5) is 0 Å². The Morgan fingerprint density at radius 2 is 2.25 bits per heavy atom. The summed E-state index contributed by atoms with van der Waals surface area (Å²) < 4.78 is 1.69. The molecule has 2 heterocycles. The van der Waals surface area contributed by atoms with Crippen molar-refractivity contribution in [1.29, 1.82) is 0 Å². The number of carbonyl (C=O) groups is 1. The molecular weight excluding hydrogens is 252 g/mol. The van der Waals surface area contributed by atoms with Crippen molar-refractivity contribution in [2.75, 3.05) is 13.1 Å². The third-order valence-corrected chi connectivity index (χ3v) is 4.81.